The topological polar surface area (TPSA) is 51.0 Å². The van der Waals surface area contributed by atoms with Crippen LogP contribution in [-0.4, -0.2) is 38.9 Å². The Balaban J connectivity index is 1.95. The van der Waals surface area contributed by atoms with E-state index in [4.69, 9.17) is 0 Å². The molecule has 0 N–H and O–H groups in total. The molecule has 1 saturated heterocycles. The molecule has 1 aliphatic rings. The van der Waals surface area contributed by atoms with E-state index in [0.717, 1.165) is 25.2 Å². The van der Waals surface area contributed by atoms with Gasteiger partial charge in [0.15, 0.2) is 0 Å². The molecule has 1 unspecified atom stereocenters. The number of amides is 1. The first-order valence-corrected chi connectivity index (χ1v) is 5.79. The quantitative estimate of drug-likeness (QED) is 0.745. The fourth-order valence-corrected chi connectivity index (χ4v) is 2.11. The maximum atomic E-state index is 12.0. The van der Waals surface area contributed by atoms with Crippen LogP contribution in [-0.2, 0) is 11.3 Å². The fourth-order valence-electron chi connectivity index (χ4n) is 2.11. The van der Waals surface area contributed by atoms with Gasteiger partial charge in [-0.2, -0.15) is 0 Å². The molecule has 5 heteroatoms. The van der Waals surface area contributed by atoms with Gasteiger partial charge in [0, 0.05) is 13.1 Å². The Labute approximate surface area is 95.4 Å². The summed E-state index contributed by atoms with van der Waals surface area (Å²) in [6.07, 6.45) is 4.02. The monoisotopic (exact) mass is 222 g/mol. The van der Waals surface area contributed by atoms with Crippen LogP contribution in [0, 0.1) is 12.8 Å². The Bertz CT molecular complexity index is 374. The first-order chi connectivity index (χ1) is 7.66. The van der Waals surface area contributed by atoms with Gasteiger partial charge < -0.3 is 4.90 Å². The van der Waals surface area contributed by atoms with Crippen molar-refractivity contribution in [3.63, 3.8) is 0 Å². The lowest BCUT2D eigenvalue weighted by atomic mass is 10.0. The van der Waals surface area contributed by atoms with Crippen LogP contribution < -0.4 is 0 Å². The molecule has 1 amide bonds. The minimum absolute atomic E-state index is 0.153. The zero-order chi connectivity index (χ0) is 11.5. The highest BCUT2D eigenvalue weighted by atomic mass is 16.2. The highest BCUT2D eigenvalue weighted by Crippen LogP contribution is 2.15. The van der Waals surface area contributed by atoms with E-state index in [1.807, 2.05) is 11.8 Å². The van der Waals surface area contributed by atoms with Gasteiger partial charge in [0.2, 0.25) is 5.91 Å². The Hall–Kier alpha value is -1.39. The summed E-state index contributed by atoms with van der Waals surface area (Å²) in [5.41, 5.74) is 0.929. The summed E-state index contributed by atoms with van der Waals surface area (Å²) in [4.78, 5) is 13.9. The molecule has 2 rings (SSSR count). The Morgan fingerprint density at radius 1 is 1.62 bits per heavy atom. The molecule has 88 valence electrons. The van der Waals surface area contributed by atoms with Gasteiger partial charge in [-0.25, -0.2) is 4.68 Å². The van der Waals surface area contributed by atoms with Gasteiger partial charge in [-0.05, 0) is 25.7 Å². The van der Waals surface area contributed by atoms with Crippen molar-refractivity contribution in [3.05, 3.63) is 11.9 Å². The normalized spacial score (nSPS) is 21.1. The second-order valence-corrected chi connectivity index (χ2v) is 4.62. The van der Waals surface area contributed by atoms with E-state index in [0.29, 0.717) is 12.5 Å². The van der Waals surface area contributed by atoms with Crippen LogP contribution in [0.25, 0.3) is 0 Å². The molecule has 1 fully saturated rings. The third-order valence-corrected chi connectivity index (χ3v) is 3.11. The molecule has 1 atom stereocenters. The molecule has 0 aliphatic carbocycles. The van der Waals surface area contributed by atoms with Gasteiger partial charge in [0.1, 0.15) is 6.54 Å². The molecule has 0 spiro atoms. The lowest BCUT2D eigenvalue weighted by molar-refractivity contribution is -0.133. The van der Waals surface area contributed by atoms with Crippen LogP contribution in [0.5, 0.6) is 0 Å². The first-order valence-electron chi connectivity index (χ1n) is 5.79. The summed E-state index contributed by atoms with van der Waals surface area (Å²) in [6.45, 7) is 6.19. The van der Waals surface area contributed by atoms with Gasteiger partial charge in [0.25, 0.3) is 0 Å². The number of nitrogens with zero attached hydrogens (tertiary/aromatic N) is 4. The molecule has 1 aromatic heterocycles. The van der Waals surface area contributed by atoms with Crippen molar-refractivity contribution in [1.29, 1.82) is 0 Å². The molecule has 0 bridgehead atoms. The van der Waals surface area contributed by atoms with Gasteiger partial charge in [-0.3, -0.25) is 4.79 Å². The smallest absolute Gasteiger partial charge is 0.244 e. The number of aryl methyl sites for hydroxylation is 1. The molecule has 5 nitrogen and oxygen atoms in total. The van der Waals surface area contributed by atoms with Crippen LogP contribution in [0.2, 0.25) is 0 Å². The number of hydrogen-bond acceptors (Lipinski definition) is 3. The number of rotatable bonds is 2. The summed E-state index contributed by atoms with van der Waals surface area (Å²) in [5, 5.41) is 7.67. The molecule has 0 aromatic carbocycles. The third-order valence-electron chi connectivity index (χ3n) is 3.11. The first kappa shape index (κ1) is 11.1. The average molecular weight is 222 g/mol. The third kappa shape index (κ3) is 2.40. The average Bonchev–Trinajstić information content (AvgIpc) is 2.64. The van der Waals surface area contributed by atoms with Crippen molar-refractivity contribution in [2.24, 2.45) is 5.92 Å². The number of carbonyl (C=O) groups is 1. The molecule has 1 aliphatic heterocycles. The lowest BCUT2D eigenvalue weighted by Crippen LogP contribution is -2.41. The SMILES string of the molecule is Cc1cnnn1CC(=O)N1CCCC(C)C1. The van der Waals surface area contributed by atoms with Gasteiger partial charge in [-0.15, -0.1) is 5.10 Å². The predicted molar refractivity (Wildman–Crippen MR) is 59.7 cm³/mol. The Kier molecular flexibility index (Phi) is 3.22. The van der Waals surface area contributed by atoms with Crippen LogP contribution in [0.3, 0.4) is 0 Å². The van der Waals surface area contributed by atoms with Crippen LogP contribution in [0.1, 0.15) is 25.5 Å². The van der Waals surface area contributed by atoms with Crippen molar-refractivity contribution < 1.29 is 4.79 Å². The summed E-state index contributed by atoms with van der Waals surface area (Å²) in [5.74, 6) is 0.773. The molecule has 16 heavy (non-hydrogen) atoms. The van der Waals surface area contributed by atoms with E-state index in [9.17, 15) is 4.79 Å². The van der Waals surface area contributed by atoms with Crippen molar-refractivity contribution >= 4 is 5.91 Å². The zero-order valence-electron chi connectivity index (χ0n) is 9.89. The lowest BCUT2D eigenvalue weighted by Gasteiger charge is -2.30. The predicted octanol–water partition coefficient (Wildman–Crippen LogP) is 0.845. The van der Waals surface area contributed by atoms with Crippen molar-refractivity contribution in [2.45, 2.75) is 33.2 Å². The molecule has 0 saturated carbocycles. The second kappa shape index (κ2) is 4.63. The fraction of sp³-hybridized carbons (Fsp3) is 0.727. The molecule has 1 aromatic rings. The summed E-state index contributed by atoms with van der Waals surface area (Å²) < 4.78 is 1.65. The number of aromatic nitrogens is 3. The molecular weight excluding hydrogens is 204 g/mol. The van der Waals surface area contributed by atoms with E-state index in [-0.39, 0.29) is 5.91 Å². The van der Waals surface area contributed by atoms with E-state index < -0.39 is 0 Å². The maximum absolute atomic E-state index is 12.0. The maximum Gasteiger partial charge on any atom is 0.244 e. The van der Waals surface area contributed by atoms with E-state index >= 15 is 0 Å². The van der Waals surface area contributed by atoms with Crippen LogP contribution in [0.4, 0.5) is 0 Å². The van der Waals surface area contributed by atoms with Gasteiger partial charge >= 0.3 is 0 Å². The van der Waals surface area contributed by atoms with E-state index in [2.05, 4.69) is 17.2 Å². The van der Waals surface area contributed by atoms with E-state index in [1.54, 1.807) is 10.9 Å². The highest BCUT2D eigenvalue weighted by Gasteiger charge is 2.21. The molecule has 0 radical (unpaired) electrons. The Morgan fingerprint density at radius 2 is 2.44 bits per heavy atom. The number of carbonyl (C=O) groups excluding carboxylic acids is 1. The van der Waals surface area contributed by atoms with Crippen molar-refractivity contribution in [2.75, 3.05) is 13.1 Å². The number of piperidine rings is 1. The van der Waals surface area contributed by atoms with Gasteiger partial charge in [0.05, 0.1) is 11.9 Å². The second-order valence-electron chi connectivity index (χ2n) is 4.62. The van der Waals surface area contributed by atoms with E-state index in [1.165, 1.54) is 6.42 Å². The minimum atomic E-state index is 0.153. The molecular formula is C11H18N4O. The highest BCUT2D eigenvalue weighted by molar-refractivity contribution is 5.76. The largest absolute Gasteiger partial charge is 0.341 e. The Morgan fingerprint density at radius 3 is 3.06 bits per heavy atom. The molecule has 2 heterocycles. The summed E-state index contributed by atoms with van der Waals surface area (Å²) in [7, 11) is 0. The van der Waals surface area contributed by atoms with Crippen LogP contribution >= 0.6 is 0 Å². The zero-order valence-corrected chi connectivity index (χ0v) is 9.89. The standard InChI is InChI=1S/C11H18N4O/c1-9-4-3-5-14(7-9)11(16)8-15-10(2)6-12-13-15/h6,9H,3-5,7-8H2,1-2H3. The van der Waals surface area contributed by atoms with Crippen molar-refractivity contribution in [3.8, 4) is 0 Å². The summed E-state index contributed by atoms with van der Waals surface area (Å²) >= 11 is 0. The number of hydrogen-bond donors (Lipinski definition) is 0. The summed E-state index contributed by atoms with van der Waals surface area (Å²) in [6, 6.07) is 0. The van der Waals surface area contributed by atoms with Crippen molar-refractivity contribution in [1.82, 2.24) is 19.9 Å². The minimum Gasteiger partial charge on any atom is -0.341 e. The van der Waals surface area contributed by atoms with Crippen LogP contribution in [0.15, 0.2) is 6.20 Å². The van der Waals surface area contributed by atoms with Gasteiger partial charge in [-0.1, -0.05) is 12.1 Å². The number of likely N-dealkylation sites (tertiary alicyclic amines) is 1.